The molecular formula is C15H14N2O2. The zero-order valence-electron chi connectivity index (χ0n) is 10.8. The number of anilines is 1. The van der Waals surface area contributed by atoms with Gasteiger partial charge in [0.05, 0.1) is 11.1 Å². The van der Waals surface area contributed by atoms with Crippen molar-refractivity contribution in [1.29, 1.82) is 0 Å². The van der Waals surface area contributed by atoms with E-state index in [0.29, 0.717) is 11.6 Å². The second-order valence-corrected chi connectivity index (χ2v) is 4.58. The van der Waals surface area contributed by atoms with Gasteiger partial charge < -0.3 is 14.7 Å². The molecule has 1 aromatic carbocycles. The van der Waals surface area contributed by atoms with E-state index in [1.807, 2.05) is 44.2 Å². The van der Waals surface area contributed by atoms with Gasteiger partial charge in [-0.25, -0.2) is 0 Å². The summed E-state index contributed by atoms with van der Waals surface area (Å²) in [5, 5.41) is 3.86. The number of nitrogens with zero attached hydrogens (tertiary/aromatic N) is 1. The van der Waals surface area contributed by atoms with Gasteiger partial charge in [0.1, 0.15) is 12.0 Å². The first-order valence-corrected chi connectivity index (χ1v) is 6.03. The van der Waals surface area contributed by atoms with Crippen LogP contribution in [0.25, 0.3) is 22.5 Å². The molecule has 3 rings (SSSR count). The van der Waals surface area contributed by atoms with Gasteiger partial charge in [-0.3, -0.25) is 0 Å². The first-order valence-electron chi connectivity index (χ1n) is 6.03. The Balaban J connectivity index is 2.16. The number of hydrogen-bond acceptors (Lipinski definition) is 4. The number of nitrogen functional groups attached to an aromatic ring is 1. The Labute approximate surface area is 110 Å². The lowest BCUT2D eigenvalue weighted by Crippen LogP contribution is -1.88. The highest BCUT2D eigenvalue weighted by atomic mass is 16.5. The second kappa shape index (κ2) is 4.31. The highest BCUT2D eigenvalue weighted by molar-refractivity contribution is 5.86. The van der Waals surface area contributed by atoms with Gasteiger partial charge in [0.15, 0.2) is 11.6 Å². The second-order valence-electron chi connectivity index (χ2n) is 4.58. The Bertz CT molecular complexity index is 708. The van der Waals surface area contributed by atoms with Crippen LogP contribution in [0.15, 0.2) is 45.5 Å². The molecule has 2 heterocycles. The number of nitrogens with two attached hydrogens (primary N) is 1. The number of furan rings is 1. The predicted molar refractivity (Wildman–Crippen MR) is 73.5 cm³/mol. The Morgan fingerprint density at radius 1 is 1.05 bits per heavy atom. The van der Waals surface area contributed by atoms with Crippen molar-refractivity contribution in [2.24, 2.45) is 0 Å². The highest BCUT2D eigenvalue weighted by Crippen LogP contribution is 2.37. The Hall–Kier alpha value is -2.49. The molecular weight excluding hydrogens is 240 g/mol. The van der Waals surface area contributed by atoms with E-state index in [1.54, 1.807) is 6.26 Å². The summed E-state index contributed by atoms with van der Waals surface area (Å²) in [6.45, 7) is 3.93. The summed E-state index contributed by atoms with van der Waals surface area (Å²) in [6.07, 6.45) is 1.65. The zero-order chi connectivity index (χ0) is 13.4. The largest absolute Gasteiger partial charge is 0.469 e. The number of hydrogen-bond donors (Lipinski definition) is 1. The van der Waals surface area contributed by atoms with Crippen LogP contribution in [-0.2, 0) is 0 Å². The molecule has 0 aliphatic heterocycles. The third kappa shape index (κ3) is 2.01. The molecule has 2 N–H and O–H groups in total. The van der Waals surface area contributed by atoms with E-state index in [9.17, 15) is 0 Å². The first kappa shape index (κ1) is 11.6. The van der Waals surface area contributed by atoms with Crippen molar-refractivity contribution in [3.8, 4) is 22.5 Å². The minimum absolute atomic E-state index is 0.387. The Kier molecular flexibility index (Phi) is 2.63. The SMILES string of the molecule is Cc1ccc(-c2c(N)noc2-c2coc(C)c2)cc1. The van der Waals surface area contributed by atoms with Gasteiger partial charge in [-0.15, -0.1) is 0 Å². The third-order valence-electron chi connectivity index (χ3n) is 3.05. The lowest BCUT2D eigenvalue weighted by atomic mass is 10.0. The van der Waals surface area contributed by atoms with Crippen molar-refractivity contribution < 1.29 is 8.94 Å². The number of rotatable bonds is 2. The van der Waals surface area contributed by atoms with Gasteiger partial charge in [0.2, 0.25) is 0 Å². The zero-order valence-corrected chi connectivity index (χ0v) is 10.8. The fraction of sp³-hybridized carbons (Fsp3) is 0.133. The summed E-state index contributed by atoms with van der Waals surface area (Å²) in [7, 11) is 0. The van der Waals surface area contributed by atoms with Crippen LogP contribution >= 0.6 is 0 Å². The van der Waals surface area contributed by atoms with E-state index < -0.39 is 0 Å². The van der Waals surface area contributed by atoms with Crippen LogP contribution < -0.4 is 5.73 Å². The molecule has 4 heteroatoms. The average Bonchev–Trinajstić information content (AvgIpc) is 2.97. The van der Waals surface area contributed by atoms with Crippen LogP contribution in [0.3, 0.4) is 0 Å². The number of benzene rings is 1. The fourth-order valence-electron chi connectivity index (χ4n) is 2.06. The molecule has 0 fully saturated rings. The summed E-state index contributed by atoms with van der Waals surface area (Å²) >= 11 is 0. The molecule has 19 heavy (non-hydrogen) atoms. The van der Waals surface area contributed by atoms with Crippen LogP contribution in [-0.4, -0.2) is 5.16 Å². The van der Waals surface area contributed by atoms with Crippen molar-refractivity contribution in [3.63, 3.8) is 0 Å². The first-order chi connectivity index (χ1) is 9.15. The van der Waals surface area contributed by atoms with E-state index in [1.165, 1.54) is 5.56 Å². The van der Waals surface area contributed by atoms with Crippen LogP contribution in [0.4, 0.5) is 5.82 Å². The van der Waals surface area contributed by atoms with Crippen molar-refractivity contribution >= 4 is 5.82 Å². The van der Waals surface area contributed by atoms with Crippen LogP contribution in [0.2, 0.25) is 0 Å². The van der Waals surface area contributed by atoms with Gasteiger partial charge in [0.25, 0.3) is 0 Å². The van der Waals surface area contributed by atoms with Crippen LogP contribution in [0, 0.1) is 13.8 Å². The molecule has 0 unspecified atom stereocenters. The maximum Gasteiger partial charge on any atom is 0.180 e. The topological polar surface area (TPSA) is 65.2 Å². The molecule has 0 amide bonds. The molecule has 0 spiro atoms. The maximum atomic E-state index is 5.92. The number of aromatic nitrogens is 1. The monoisotopic (exact) mass is 254 g/mol. The lowest BCUT2D eigenvalue weighted by molar-refractivity contribution is 0.435. The summed E-state index contributed by atoms with van der Waals surface area (Å²) < 4.78 is 10.7. The molecule has 96 valence electrons. The average molecular weight is 254 g/mol. The summed E-state index contributed by atoms with van der Waals surface area (Å²) in [6, 6.07) is 9.99. The number of aryl methyl sites for hydroxylation is 2. The molecule has 2 aromatic heterocycles. The Morgan fingerprint density at radius 3 is 2.42 bits per heavy atom. The van der Waals surface area contributed by atoms with Gasteiger partial charge in [-0.2, -0.15) is 0 Å². The standard InChI is InChI=1S/C15H14N2O2/c1-9-3-5-11(6-4-9)13-14(19-17-15(13)16)12-7-10(2)18-8-12/h3-8H,1-2H3,(H2,16,17). The minimum Gasteiger partial charge on any atom is -0.469 e. The van der Waals surface area contributed by atoms with E-state index >= 15 is 0 Å². The summed E-state index contributed by atoms with van der Waals surface area (Å²) in [4.78, 5) is 0. The quantitative estimate of drug-likeness (QED) is 0.755. The fourth-order valence-corrected chi connectivity index (χ4v) is 2.06. The molecule has 3 aromatic rings. The summed E-state index contributed by atoms with van der Waals surface area (Å²) in [5.41, 5.74) is 9.75. The van der Waals surface area contributed by atoms with Crippen molar-refractivity contribution in [2.45, 2.75) is 13.8 Å². The van der Waals surface area contributed by atoms with Crippen LogP contribution in [0.5, 0.6) is 0 Å². The van der Waals surface area contributed by atoms with E-state index in [0.717, 1.165) is 22.5 Å². The molecule has 0 atom stereocenters. The lowest BCUT2D eigenvalue weighted by Gasteiger charge is -2.01. The molecule has 0 aliphatic rings. The minimum atomic E-state index is 0.387. The van der Waals surface area contributed by atoms with Crippen molar-refractivity contribution in [1.82, 2.24) is 5.16 Å². The van der Waals surface area contributed by atoms with Gasteiger partial charge >= 0.3 is 0 Å². The molecule has 0 saturated heterocycles. The van der Waals surface area contributed by atoms with E-state index in [-0.39, 0.29) is 0 Å². The molecule has 0 bridgehead atoms. The van der Waals surface area contributed by atoms with E-state index in [2.05, 4.69) is 5.16 Å². The van der Waals surface area contributed by atoms with Gasteiger partial charge in [-0.1, -0.05) is 35.0 Å². The van der Waals surface area contributed by atoms with Gasteiger partial charge in [0, 0.05) is 0 Å². The predicted octanol–water partition coefficient (Wildman–Crippen LogP) is 3.80. The maximum absolute atomic E-state index is 5.92. The summed E-state index contributed by atoms with van der Waals surface area (Å²) in [5.74, 6) is 1.84. The normalized spacial score (nSPS) is 10.8. The molecule has 4 nitrogen and oxygen atoms in total. The van der Waals surface area contributed by atoms with Gasteiger partial charge in [-0.05, 0) is 25.5 Å². The third-order valence-corrected chi connectivity index (χ3v) is 3.05. The van der Waals surface area contributed by atoms with E-state index in [4.69, 9.17) is 14.7 Å². The smallest absolute Gasteiger partial charge is 0.180 e. The molecule has 0 radical (unpaired) electrons. The van der Waals surface area contributed by atoms with Crippen molar-refractivity contribution in [2.75, 3.05) is 5.73 Å². The Morgan fingerprint density at radius 2 is 1.79 bits per heavy atom. The molecule has 0 saturated carbocycles. The molecule has 0 aliphatic carbocycles. The highest BCUT2D eigenvalue weighted by Gasteiger charge is 2.18. The van der Waals surface area contributed by atoms with Crippen LogP contribution in [0.1, 0.15) is 11.3 Å². The van der Waals surface area contributed by atoms with Crippen molar-refractivity contribution in [3.05, 3.63) is 47.9 Å².